The number of hydrogen-bond acceptors (Lipinski definition) is 5. The van der Waals surface area contributed by atoms with Crippen molar-refractivity contribution in [3.63, 3.8) is 0 Å². The summed E-state index contributed by atoms with van der Waals surface area (Å²) in [7, 11) is 0. The number of carbonyl (C=O) groups is 2. The molecule has 2 amide bonds. The van der Waals surface area contributed by atoms with Gasteiger partial charge in [0.05, 0.1) is 13.2 Å². The lowest BCUT2D eigenvalue weighted by Gasteiger charge is -2.26. The normalized spacial score (nSPS) is 13.9. The summed E-state index contributed by atoms with van der Waals surface area (Å²) in [6.45, 7) is 4.21. The topological polar surface area (TPSA) is 91.7 Å². The molecule has 2 aromatic rings. The van der Waals surface area contributed by atoms with E-state index in [2.05, 4.69) is 5.32 Å². The summed E-state index contributed by atoms with van der Waals surface area (Å²) >= 11 is 0. The molecule has 0 radical (unpaired) electrons. The second-order valence-corrected chi connectivity index (χ2v) is 6.99. The fraction of sp³-hybridized carbons (Fsp3) is 0.292. The summed E-state index contributed by atoms with van der Waals surface area (Å²) in [5.41, 5.74) is 2.38. The number of anilines is 1. The molecule has 1 saturated heterocycles. The molecule has 160 valence electrons. The van der Waals surface area contributed by atoms with Gasteiger partial charge in [0.15, 0.2) is 6.61 Å². The maximum atomic E-state index is 12.5. The summed E-state index contributed by atoms with van der Waals surface area (Å²) in [5.74, 6) is 0.00139. The van der Waals surface area contributed by atoms with Gasteiger partial charge in [0.1, 0.15) is 17.4 Å². The fourth-order valence-corrected chi connectivity index (χ4v) is 3.16. The Bertz CT molecular complexity index is 987. The summed E-state index contributed by atoms with van der Waals surface area (Å²) in [4.78, 5) is 26.4. The first kappa shape index (κ1) is 22.1. The first-order chi connectivity index (χ1) is 15.1. The van der Waals surface area contributed by atoms with E-state index in [0.717, 1.165) is 12.0 Å². The third-order valence-corrected chi connectivity index (χ3v) is 4.93. The van der Waals surface area contributed by atoms with Crippen LogP contribution < -0.4 is 10.1 Å². The number of nitrogens with zero attached hydrogens (tertiary/aromatic N) is 2. The molecular weight excluding hydrogens is 394 g/mol. The largest absolute Gasteiger partial charge is 0.484 e. The number of benzene rings is 2. The Labute approximate surface area is 181 Å². The number of amides is 2. The summed E-state index contributed by atoms with van der Waals surface area (Å²) in [6.07, 6.45) is 2.30. The van der Waals surface area contributed by atoms with E-state index in [1.54, 1.807) is 29.2 Å². The van der Waals surface area contributed by atoms with E-state index >= 15 is 0 Å². The molecular formula is C24H25N3O4. The van der Waals surface area contributed by atoms with E-state index in [4.69, 9.17) is 9.47 Å². The molecule has 7 nitrogen and oxygen atoms in total. The summed E-state index contributed by atoms with van der Waals surface area (Å²) < 4.78 is 10.8. The van der Waals surface area contributed by atoms with Crippen LogP contribution >= 0.6 is 0 Å². The Morgan fingerprint density at radius 3 is 2.55 bits per heavy atom. The molecule has 0 atom stereocenters. The smallest absolute Gasteiger partial charge is 0.266 e. The molecule has 0 unspecified atom stereocenters. The highest BCUT2D eigenvalue weighted by Gasteiger charge is 2.17. The number of nitrogens with one attached hydrogen (secondary N) is 1. The molecule has 2 aromatic carbocycles. The summed E-state index contributed by atoms with van der Waals surface area (Å²) in [6, 6.07) is 16.3. The van der Waals surface area contributed by atoms with Gasteiger partial charge in [0, 0.05) is 18.8 Å². The van der Waals surface area contributed by atoms with Crippen LogP contribution in [0.2, 0.25) is 0 Å². The highest BCUT2D eigenvalue weighted by Crippen LogP contribution is 2.18. The zero-order chi connectivity index (χ0) is 22.1. The quantitative estimate of drug-likeness (QED) is 0.550. The van der Waals surface area contributed by atoms with E-state index in [9.17, 15) is 14.9 Å². The van der Waals surface area contributed by atoms with Crippen LogP contribution in [0.5, 0.6) is 5.75 Å². The van der Waals surface area contributed by atoms with Crippen LogP contribution in [0.25, 0.3) is 6.08 Å². The van der Waals surface area contributed by atoms with Crippen molar-refractivity contribution in [1.29, 1.82) is 5.26 Å². The second kappa shape index (κ2) is 11.0. The fourth-order valence-electron chi connectivity index (χ4n) is 3.16. The first-order valence-electron chi connectivity index (χ1n) is 10.2. The van der Waals surface area contributed by atoms with Crippen LogP contribution in [0, 0.1) is 11.3 Å². The molecule has 0 saturated carbocycles. The number of carbonyl (C=O) groups excluding carboxylic acids is 2. The van der Waals surface area contributed by atoms with Gasteiger partial charge in [-0.3, -0.25) is 9.59 Å². The van der Waals surface area contributed by atoms with Crippen molar-refractivity contribution in [3.8, 4) is 11.8 Å². The zero-order valence-electron chi connectivity index (χ0n) is 17.5. The molecule has 1 fully saturated rings. The maximum absolute atomic E-state index is 12.5. The van der Waals surface area contributed by atoms with Crippen LogP contribution in [0.1, 0.15) is 18.1 Å². The van der Waals surface area contributed by atoms with E-state index in [0.29, 0.717) is 43.3 Å². The number of morpholine rings is 1. The Hall–Kier alpha value is -3.63. The lowest BCUT2D eigenvalue weighted by Crippen LogP contribution is -2.42. The van der Waals surface area contributed by atoms with Gasteiger partial charge in [0.25, 0.3) is 11.8 Å². The standard InChI is InChI=1S/C24H25N3O4/c1-2-19-5-3-4-6-22(19)26-24(29)20(16-25)15-18-7-9-21(10-8-18)31-17-23(28)27-11-13-30-14-12-27/h3-10,15H,2,11-14,17H2,1H3,(H,26,29)/b20-15-. The maximum Gasteiger partial charge on any atom is 0.266 e. The molecule has 1 heterocycles. The second-order valence-electron chi connectivity index (χ2n) is 6.99. The molecule has 1 aliphatic rings. The van der Waals surface area contributed by atoms with Gasteiger partial charge in [0.2, 0.25) is 0 Å². The molecule has 0 aliphatic carbocycles. The monoisotopic (exact) mass is 419 g/mol. The van der Waals surface area contributed by atoms with Gasteiger partial charge < -0.3 is 19.7 Å². The lowest BCUT2D eigenvalue weighted by molar-refractivity contribution is -0.137. The van der Waals surface area contributed by atoms with E-state index in [1.165, 1.54) is 6.08 Å². The van der Waals surface area contributed by atoms with Gasteiger partial charge in [-0.25, -0.2) is 0 Å². The Balaban J connectivity index is 1.60. The van der Waals surface area contributed by atoms with Gasteiger partial charge >= 0.3 is 0 Å². The van der Waals surface area contributed by atoms with Crippen molar-refractivity contribution in [3.05, 3.63) is 65.2 Å². The van der Waals surface area contributed by atoms with E-state index < -0.39 is 5.91 Å². The zero-order valence-corrected chi connectivity index (χ0v) is 17.5. The number of ether oxygens (including phenoxy) is 2. The molecule has 0 bridgehead atoms. The molecule has 0 spiro atoms. The number of aryl methyl sites for hydroxylation is 1. The number of nitriles is 1. The van der Waals surface area contributed by atoms with Crippen molar-refractivity contribution in [2.75, 3.05) is 38.2 Å². The van der Waals surface area contributed by atoms with Gasteiger partial charge in [-0.2, -0.15) is 5.26 Å². The highest BCUT2D eigenvalue weighted by atomic mass is 16.5. The third-order valence-electron chi connectivity index (χ3n) is 4.93. The molecule has 7 heteroatoms. The Morgan fingerprint density at radius 2 is 1.87 bits per heavy atom. The average molecular weight is 419 g/mol. The van der Waals surface area contributed by atoms with Crippen LogP contribution in [0.4, 0.5) is 5.69 Å². The van der Waals surface area contributed by atoms with Crippen LogP contribution in [0.15, 0.2) is 54.1 Å². The average Bonchev–Trinajstić information content (AvgIpc) is 2.82. The van der Waals surface area contributed by atoms with Gasteiger partial charge in [-0.05, 0) is 41.8 Å². The van der Waals surface area contributed by atoms with Crippen LogP contribution in [-0.2, 0) is 20.7 Å². The Morgan fingerprint density at radius 1 is 1.16 bits per heavy atom. The van der Waals surface area contributed by atoms with Crippen molar-refractivity contribution in [2.24, 2.45) is 0 Å². The molecule has 0 aromatic heterocycles. The number of hydrogen-bond donors (Lipinski definition) is 1. The molecule has 3 rings (SSSR count). The minimum Gasteiger partial charge on any atom is -0.484 e. The molecule has 1 N–H and O–H groups in total. The van der Waals surface area contributed by atoms with Crippen molar-refractivity contribution in [2.45, 2.75) is 13.3 Å². The van der Waals surface area contributed by atoms with E-state index in [-0.39, 0.29) is 18.1 Å². The Kier molecular flexibility index (Phi) is 7.79. The van der Waals surface area contributed by atoms with Crippen molar-refractivity contribution in [1.82, 2.24) is 4.90 Å². The lowest BCUT2D eigenvalue weighted by atomic mass is 10.1. The highest BCUT2D eigenvalue weighted by molar-refractivity contribution is 6.10. The molecule has 31 heavy (non-hydrogen) atoms. The van der Waals surface area contributed by atoms with Crippen LogP contribution in [-0.4, -0.2) is 49.6 Å². The molecule has 1 aliphatic heterocycles. The minimum absolute atomic E-state index is 0.00192. The van der Waals surface area contributed by atoms with Crippen molar-refractivity contribution >= 4 is 23.6 Å². The van der Waals surface area contributed by atoms with Crippen molar-refractivity contribution < 1.29 is 19.1 Å². The van der Waals surface area contributed by atoms with Gasteiger partial charge in [-0.15, -0.1) is 0 Å². The number of para-hydroxylation sites is 1. The van der Waals surface area contributed by atoms with E-state index in [1.807, 2.05) is 37.3 Å². The SMILES string of the molecule is CCc1ccccc1NC(=O)/C(C#N)=C\c1ccc(OCC(=O)N2CCOCC2)cc1. The predicted molar refractivity (Wildman–Crippen MR) is 117 cm³/mol. The third kappa shape index (κ3) is 6.17. The predicted octanol–water partition coefficient (Wildman–Crippen LogP) is 3.03. The van der Waals surface area contributed by atoms with Gasteiger partial charge in [-0.1, -0.05) is 37.3 Å². The number of rotatable bonds is 7. The first-order valence-corrected chi connectivity index (χ1v) is 10.2. The minimum atomic E-state index is -0.458. The summed E-state index contributed by atoms with van der Waals surface area (Å²) in [5, 5.41) is 12.2. The van der Waals surface area contributed by atoms with Crippen LogP contribution in [0.3, 0.4) is 0 Å².